The van der Waals surface area contributed by atoms with Crippen molar-refractivity contribution >= 4 is 17.2 Å². The quantitative estimate of drug-likeness (QED) is 0.769. The number of nitrogen functional groups attached to an aromatic ring is 1. The summed E-state index contributed by atoms with van der Waals surface area (Å²) in [6.45, 7) is 1.88. The Hall–Kier alpha value is -2.54. The molecule has 1 aromatic heterocycles. The highest BCUT2D eigenvalue weighted by Gasteiger charge is 2.04. The Kier molecular flexibility index (Phi) is 2.93. The second-order valence-electron chi connectivity index (χ2n) is 3.71. The molecule has 0 saturated carbocycles. The zero-order valence-electron chi connectivity index (χ0n) is 9.44. The fraction of sp³-hybridized carbons (Fsp3) is 0.0769. The van der Waals surface area contributed by atoms with Crippen LogP contribution in [0.1, 0.15) is 11.3 Å². The number of rotatable bonds is 2. The average Bonchev–Trinajstić information content (AvgIpc) is 2.29. The number of pyridine rings is 1. The maximum absolute atomic E-state index is 8.99. The summed E-state index contributed by atoms with van der Waals surface area (Å²) < 4.78 is 0. The highest BCUT2D eigenvalue weighted by atomic mass is 15.0. The van der Waals surface area contributed by atoms with Crippen molar-refractivity contribution in [2.24, 2.45) is 0 Å². The molecule has 3 N–H and O–H groups in total. The first kappa shape index (κ1) is 11.0. The molecule has 0 radical (unpaired) electrons. The van der Waals surface area contributed by atoms with E-state index in [1.807, 2.05) is 25.1 Å². The minimum Gasteiger partial charge on any atom is -0.399 e. The standard InChI is InChI=1S/C13H12N4/c1-9-5-6-10(8-14)13(16-9)17-12-4-2-3-11(15)7-12/h2-7H,15H2,1H3,(H,16,17). The Morgan fingerprint density at radius 3 is 2.82 bits per heavy atom. The molecule has 0 amide bonds. The molecule has 0 saturated heterocycles. The van der Waals surface area contributed by atoms with E-state index < -0.39 is 0 Å². The lowest BCUT2D eigenvalue weighted by Gasteiger charge is -2.08. The number of nitrogens with two attached hydrogens (primary N) is 1. The van der Waals surface area contributed by atoms with Crippen LogP contribution < -0.4 is 11.1 Å². The van der Waals surface area contributed by atoms with Crippen molar-refractivity contribution in [1.29, 1.82) is 5.26 Å². The van der Waals surface area contributed by atoms with E-state index in [4.69, 9.17) is 11.0 Å². The lowest BCUT2D eigenvalue weighted by Crippen LogP contribution is -1.98. The van der Waals surface area contributed by atoms with Crippen molar-refractivity contribution in [3.8, 4) is 6.07 Å². The largest absolute Gasteiger partial charge is 0.399 e. The van der Waals surface area contributed by atoms with Crippen LogP contribution in [0.3, 0.4) is 0 Å². The average molecular weight is 224 g/mol. The van der Waals surface area contributed by atoms with Gasteiger partial charge in [-0.25, -0.2) is 4.98 Å². The second kappa shape index (κ2) is 4.54. The lowest BCUT2D eigenvalue weighted by atomic mass is 10.2. The molecule has 0 aliphatic rings. The first-order valence-corrected chi connectivity index (χ1v) is 5.19. The van der Waals surface area contributed by atoms with Gasteiger partial charge in [-0.2, -0.15) is 5.26 Å². The SMILES string of the molecule is Cc1ccc(C#N)c(Nc2cccc(N)c2)n1. The Morgan fingerprint density at radius 1 is 1.29 bits per heavy atom. The van der Waals surface area contributed by atoms with Crippen molar-refractivity contribution in [1.82, 2.24) is 4.98 Å². The number of nitriles is 1. The first-order chi connectivity index (χ1) is 8.19. The van der Waals surface area contributed by atoms with Gasteiger partial charge in [0, 0.05) is 17.1 Å². The molecule has 0 aliphatic heterocycles. The number of aromatic nitrogens is 1. The Bertz CT molecular complexity index is 584. The second-order valence-corrected chi connectivity index (χ2v) is 3.71. The van der Waals surface area contributed by atoms with Gasteiger partial charge < -0.3 is 11.1 Å². The molecule has 1 heterocycles. The van der Waals surface area contributed by atoms with Crippen LogP contribution in [0.15, 0.2) is 36.4 Å². The van der Waals surface area contributed by atoms with Crippen LogP contribution in [0.25, 0.3) is 0 Å². The molecule has 0 atom stereocenters. The van der Waals surface area contributed by atoms with Gasteiger partial charge in [0.25, 0.3) is 0 Å². The molecule has 1 aromatic carbocycles. The Labute approximate surface area is 99.7 Å². The summed E-state index contributed by atoms with van der Waals surface area (Å²) >= 11 is 0. The van der Waals surface area contributed by atoms with Crippen LogP contribution in [0.2, 0.25) is 0 Å². The van der Waals surface area contributed by atoms with E-state index in [0.717, 1.165) is 11.4 Å². The van der Waals surface area contributed by atoms with Crippen molar-refractivity contribution in [2.75, 3.05) is 11.1 Å². The number of hydrogen-bond donors (Lipinski definition) is 2. The van der Waals surface area contributed by atoms with Crippen LogP contribution in [0.5, 0.6) is 0 Å². The molecule has 0 unspecified atom stereocenters. The zero-order valence-corrected chi connectivity index (χ0v) is 9.44. The molecule has 0 fully saturated rings. The summed E-state index contributed by atoms with van der Waals surface area (Å²) in [4.78, 5) is 4.29. The highest BCUT2D eigenvalue weighted by molar-refractivity contribution is 5.65. The van der Waals surface area contributed by atoms with Crippen LogP contribution in [0.4, 0.5) is 17.2 Å². The topological polar surface area (TPSA) is 74.7 Å². The molecule has 0 bridgehead atoms. The van der Waals surface area contributed by atoms with E-state index in [1.54, 1.807) is 18.2 Å². The van der Waals surface area contributed by atoms with Crippen molar-refractivity contribution in [3.05, 3.63) is 47.7 Å². The molecule has 0 spiro atoms. The number of aryl methyl sites for hydroxylation is 1. The summed E-state index contributed by atoms with van der Waals surface area (Å²) in [5.74, 6) is 0.554. The number of nitrogens with zero attached hydrogens (tertiary/aromatic N) is 2. The first-order valence-electron chi connectivity index (χ1n) is 5.19. The van der Waals surface area contributed by atoms with Gasteiger partial charge in [0.1, 0.15) is 11.9 Å². The van der Waals surface area contributed by atoms with Crippen LogP contribution >= 0.6 is 0 Å². The fourth-order valence-electron chi connectivity index (χ4n) is 1.50. The van der Waals surface area contributed by atoms with Crippen LogP contribution in [-0.2, 0) is 0 Å². The monoisotopic (exact) mass is 224 g/mol. The normalized spacial score (nSPS) is 9.65. The van der Waals surface area contributed by atoms with Crippen molar-refractivity contribution < 1.29 is 0 Å². The lowest BCUT2D eigenvalue weighted by molar-refractivity contribution is 1.19. The Morgan fingerprint density at radius 2 is 2.12 bits per heavy atom. The number of hydrogen-bond acceptors (Lipinski definition) is 4. The minimum atomic E-state index is 0.512. The van der Waals surface area contributed by atoms with Gasteiger partial charge in [-0.05, 0) is 37.3 Å². The predicted molar refractivity (Wildman–Crippen MR) is 67.8 cm³/mol. The van der Waals surface area contributed by atoms with E-state index in [-0.39, 0.29) is 0 Å². The summed E-state index contributed by atoms with van der Waals surface area (Å²) in [6.07, 6.45) is 0. The van der Waals surface area contributed by atoms with Crippen LogP contribution in [-0.4, -0.2) is 4.98 Å². The molecule has 84 valence electrons. The highest BCUT2D eigenvalue weighted by Crippen LogP contribution is 2.20. The van der Waals surface area contributed by atoms with Gasteiger partial charge >= 0.3 is 0 Å². The van der Waals surface area contributed by atoms with Gasteiger partial charge in [0.2, 0.25) is 0 Å². The van der Waals surface area contributed by atoms with Gasteiger partial charge in [-0.3, -0.25) is 0 Å². The van der Waals surface area contributed by atoms with E-state index in [1.165, 1.54) is 0 Å². The summed E-state index contributed by atoms with van der Waals surface area (Å²) in [5.41, 5.74) is 8.54. The summed E-state index contributed by atoms with van der Waals surface area (Å²) in [5, 5.41) is 12.1. The predicted octanol–water partition coefficient (Wildman–Crippen LogP) is 2.59. The molecule has 2 aromatic rings. The maximum atomic E-state index is 8.99. The van der Waals surface area contributed by atoms with Crippen molar-refractivity contribution in [2.45, 2.75) is 6.92 Å². The van der Waals surface area contributed by atoms with Gasteiger partial charge in [-0.1, -0.05) is 6.07 Å². The molecule has 17 heavy (non-hydrogen) atoms. The van der Waals surface area contributed by atoms with Crippen LogP contribution in [0, 0.1) is 18.3 Å². The number of nitrogens with one attached hydrogen (secondary N) is 1. The molecular weight excluding hydrogens is 212 g/mol. The number of anilines is 3. The third-order valence-electron chi connectivity index (χ3n) is 2.30. The third-order valence-corrected chi connectivity index (χ3v) is 2.30. The van der Waals surface area contributed by atoms with Crippen molar-refractivity contribution in [3.63, 3.8) is 0 Å². The third kappa shape index (κ3) is 2.52. The van der Waals surface area contributed by atoms with E-state index in [2.05, 4.69) is 16.4 Å². The molecular formula is C13H12N4. The molecule has 4 nitrogen and oxygen atoms in total. The molecule has 4 heteroatoms. The summed E-state index contributed by atoms with van der Waals surface area (Å²) in [6, 6.07) is 13.0. The molecule has 0 aliphatic carbocycles. The minimum absolute atomic E-state index is 0.512. The van der Waals surface area contributed by atoms with Gasteiger partial charge in [-0.15, -0.1) is 0 Å². The smallest absolute Gasteiger partial charge is 0.148 e. The van der Waals surface area contributed by atoms with E-state index in [9.17, 15) is 0 Å². The van der Waals surface area contributed by atoms with E-state index in [0.29, 0.717) is 17.1 Å². The number of benzene rings is 1. The maximum Gasteiger partial charge on any atom is 0.148 e. The zero-order chi connectivity index (χ0) is 12.3. The van der Waals surface area contributed by atoms with Gasteiger partial charge in [0.05, 0.1) is 5.56 Å². The molecule has 2 rings (SSSR count). The van der Waals surface area contributed by atoms with Gasteiger partial charge in [0.15, 0.2) is 0 Å². The Balaban J connectivity index is 2.36. The summed E-state index contributed by atoms with van der Waals surface area (Å²) in [7, 11) is 0. The van der Waals surface area contributed by atoms with E-state index >= 15 is 0 Å². The fourth-order valence-corrected chi connectivity index (χ4v) is 1.50.